The molecule has 0 aliphatic rings. The Labute approximate surface area is 196 Å². The van der Waals surface area contributed by atoms with Crippen molar-refractivity contribution in [1.29, 1.82) is 0 Å². The molecular weight excluding hydrogens is 445 g/mol. The average molecular weight is 466 g/mol. The van der Waals surface area contributed by atoms with Gasteiger partial charge in [-0.25, -0.2) is 0 Å². The lowest BCUT2D eigenvalue weighted by molar-refractivity contribution is 0.102. The third kappa shape index (κ3) is 5.49. The van der Waals surface area contributed by atoms with Crippen molar-refractivity contribution in [3.63, 3.8) is 0 Å². The van der Waals surface area contributed by atoms with Crippen molar-refractivity contribution >= 4 is 34.9 Å². The van der Waals surface area contributed by atoms with E-state index in [9.17, 15) is 4.79 Å². The molecule has 162 valence electrons. The Balaban J connectivity index is 1.41. The van der Waals surface area contributed by atoms with E-state index in [-0.39, 0.29) is 5.91 Å². The van der Waals surface area contributed by atoms with Crippen molar-refractivity contribution in [2.45, 2.75) is 20.1 Å². The highest BCUT2D eigenvalue weighted by Crippen LogP contribution is 2.20. The second-order valence-corrected chi connectivity index (χ2v) is 8.16. The Morgan fingerprint density at radius 1 is 1.00 bits per heavy atom. The predicted octanol–water partition coefficient (Wildman–Crippen LogP) is 6.38. The van der Waals surface area contributed by atoms with E-state index >= 15 is 0 Å². The maximum Gasteiger partial charge on any atom is 0.256 e. The number of aromatic nitrogens is 2. The standard InChI is InChI=1S/C25H21Cl2N3O2/c1-17-13-24(29-30(17)15-20-6-2-3-8-23(20)27)28-25(31)19-7-4-5-18(14-19)16-32-22-11-9-21(26)10-12-22/h2-14H,15-16H2,1H3,(H,28,29,31). The van der Waals surface area contributed by atoms with Crippen LogP contribution >= 0.6 is 23.2 Å². The first-order valence-electron chi connectivity index (χ1n) is 10.0. The molecule has 0 saturated carbocycles. The molecular formula is C25H21Cl2N3O2. The summed E-state index contributed by atoms with van der Waals surface area (Å²) in [6.45, 7) is 2.81. The molecule has 1 N–H and O–H groups in total. The van der Waals surface area contributed by atoms with E-state index in [1.807, 2.05) is 54.1 Å². The van der Waals surface area contributed by atoms with Crippen molar-refractivity contribution < 1.29 is 9.53 Å². The quantitative estimate of drug-likeness (QED) is 0.344. The number of hydrogen-bond acceptors (Lipinski definition) is 3. The summed E-state index contributed by atoms with van der Waals surface area (Å²) in [7, 11) is 0. The van der Waals surface area contributed by atoms with Crippen LogP contribution in [-0.4, -0.2) is 15.7 Å². The van der Waals surface area contributed by atoms with Crippen LogP contribution in [0.4, 0.5) is 5.82 Å². The number of halogens is 2. The van der Waals surface area contributed by atoms with Gasteiger partial charge in [0.1, 0.15) is 12.4 Å². The fourth-order valence-corrected chi connectivity index (χ4v) is 3.53. The summed E-state index contributed by atoms with van der Waals surface area (Å²) in [5, 5.41) is 8.71. The van der Waals surface area contributed by atoms with Crippen molar-refractivity contribution in [2.75, 3.05) is 5.32 Å². The van der Waals surface area contributed by atoms with Gasteiger partial charge in [0.05, 0.1) is 6.54 Å². The van der Waals surface area contributed by atoms with E-state index in [1.165, 1.54) is 0 Å². The van der Waals surface area contributed by atoms with Gasteiger partial charge in [-0.3, -0.25) is 9.48 Å². The van der Waals surface area contributed by atoms with Crippen LogP contribution in [-0.2, 0) is 13.2 Å². The number of ether oxygens (including phenoxy) is 1. The molecule has 0 aliphatic heterocycles. The third-order valence-electron chi connectivity index (χ3n) is 4.91. The van der Waals surface area contributed by atoms with E-state index in [1.54, 1.807) is 36.4 Å². The molecule has 3 aromatic carbocycles. The fraction of sp³-hybridized carbons (Fsp3) is 0.120. The smallest absolute Gasteiger partial charge is 0.256 e. The summed E-state index contributed by atoms with van der Waals surface area (Å²) in [5.41, 5.74) is 3.30. The van der Waals surface area contributed by atoms with Crippen LogP contribution in [0.2, 0.25) is 10.0 Å². The molecule has 32 heavy (non-hydrogen) atoms. The van der Waals surface area contributed by atoms with Crippen molar-refractivity contribution in [2.24, 2.45) is 0 Å². The highest BCUT2D eigenvalue weighted by Gasteiger charge is 2.12. The minimum absolute atomic E-state index is 0.235. The van der Waals surface area contributed by atoms with Gasteiger partial charge in [0, 0.05) is 27.4 Å². The van der Waals surface area contributed by atoms with Crippen LogP contribution in [0, 0.1) is 6.92 Å². The van der Waals surface area contributed by atoms with Gasteiger partial charge < -0.3 is 10.1 Å². The molecule has 0 atom stereocenters. The number of anilines is 1. The third-order valence-corrected chi connectivity index (χ3v) is 5.53. The summed E-state index contributed by atoms with van der Waals surface area (Å²) >= 11 is 12.2. The molecule has 1 heterocycles. The van der Waals surface area contributed by atoms with Crippen LogP contribution < -0.4 is 10.1 Å². The zero-order valence-electron chi connectivity index (χ0n) is 17.4. The number of carbonyl (C=O) groups excluding carboxylic acids is 1. The molecule has 5 nitrogen and oxygen atoms in total. The lowest BCUT2D eigenvalue weighted by atomic mass is 10.1. The SMILES string of the molecule is Cc1cc(NC(=O)c2cccc(COc3ccc(Cl)cc3)c2)nn1Cc1ccccc1Cl. The molecule has 4 aromatic rings. The number of nitrogens with zero attached hydrogens (tertiary/aromatic N) is 2. The summed E-state index contributed by atoms with van der Waals surface area (Å²) in [6.07, 6.45) is 0. The minimum Gasteiger partial charge on any atom is -0.489 e. The first kappa shape index (κ1) is 21.9. The first-order chi connectivity index (χ1) is 15.5. The van der Waals surface area contributed by atoms with Gasteiger partial charge in [0.2, 0.25) is 0 Å². The number of rotatable bonds is 7. The van der Waals surface area contributed by atoms with Gasteiger partial charge >= 0.3 is 0 Å². The number of aryl methyl sites for hydroxylation is 1. The average Bonchev–Trinajstić information content (AvgIpc) is 3.13. The maximum atomic E-state index is 12.8. The summed E-state index contributed by atoms with van der Waals surface area (Å²) < 4.78 is 7.58. The van der Waals surface area contributed by atoms with Gasteiger partial charge in [-0.15, -0.1) is 0 Å². The zero-order valence-corrected chi connectivity index (χ0v) is 18.9. The van der Waals surface area contributed by atoms with Crippen LogP contribution in [0.15, 0.2) is 78.9 Å². The number of nitrogens with one attached hydrogen (secondary N) is 1. The van der Waals surface area contributed by atoms with Gasteiger partial charge in [0.25, 0.3) is 5.91 Å². The highest BCUT2D eigenvalue weighted by atomic mass is 35.5. The van der Waals surface area contributed by atoms with Crippen molar-refractivity contribution in [1.82, 2.24) is 9.78 Å². The van der Waals surface area contributed by atoms with E-state index in [0.29, 0.717) is 40.3 Å². The number of hydrogen-bond donors (Lipinski definition) is 1. The van der Waals surface area contributed by atoms with Crippen LogP contribution in [0.25, 0.3) is 0 Å². The van der Waals surface area contributed by atoms with Crippen molar-refractivity contribution in [3.05, 3.63) is 111 Å². The summed E-state index contributed by atoms with van der Waals surface area (Å²) in [6, 6.07) is 23.9. The van der Waals surface area contributed by atoms with E-state index in [2.05, 4.69) is 10.4 Å². The van der Waals surface area contributed by atoms with Crippen LogP contribution in [0.3, 0.4) is 0 Å². The first-order valence-corrected chi connectivity index (χ1v) is 10.8. The molecule has 0 spiro atoms. The van der Waals surface area contributed by atoms with Gasteiger partial charge in [-0.1, -0.05) is 53.5 Å². The largest absolute Gasteiger partial charge is 0.489 e. The second-order valence-electron chi connectivity index (χ2n) is 7.32. The van der Waals surface area contributed by atoms with E-state index in [4.69, 9.17) is 27.9 Å². The monoisotopic (exact) mass is 465 g/mol. The molecule has 4 rings (SSSR count). The molecule has 0 saturated heterocycles. The highest BCUT2D eigenvalue weighted by molar-refractivity contribution is 6.31. The molecule has 0 bridgehead atoms. The molecule has 0 aliphatic carbocycles. The molecule has 7 heteroatoms. The molecule has 0 unspecified atom stereocenters. The Kier molecular flexibility index (Phi) is 6.78. The zero-order chi connectivity index (χ0) is 22.5. The number of carbonyl (C=O) groups is 1. The lowest BCUT2D eigenvalue weighted by Crippen LogP contribution is -2.13. The molecule has 0 radical (unpaired) electrons. The second kappa shape index (κ2) is 9.90. The normalized spacial score (nSPS) is 10.7. The van der Waals surface area contributed by atoms with Crippen LogP contribution in [0.5, 0.6) is 5.75 Å². The van der Waals surface area contributed by atoms with E-state index in [0.717, 1.165) is 16.8 Å². The Morgan fingerprint density at radius 2 is 1.78 bits per heavy atom. The lowest BCUT2D eigenvalue weighted by Gasteiger charge is -2.08. The predicted molar refractivity (Wildman–Crippen MR) is 128 cm³/mol. The number of benzene rings is 3. The van der Waals surface area contributed by atoms with E-state index < -0.39 is 0 Å². The summed E-state index contributed by atoms with van der Waals surface area (Å²) in [4.78, 5) is 12.8. The molecule has 1 amide bonds. The Bertz CT molecular complexity index is 1240. The molecule has 0 fully saturated rings. The molecule has 1 aromatic heterocycles. The summed E-state index contributed by atoms with van der Waals surface area (Å²) in [5.74, 6) is 0.965. The topological polar surface area (TPSA) is 56.1 Å². The van der Waals surface area contributed by atoms with Crippen LogP contribution in [0.1, 0.15) is 27.2 Å². The fourth-order valence-electron chi connectivity index (χ4n) is 3.21. The minimum atomic E-state index is -0.235. The Hall–Kier alpha value is -3.28. The van der Waals surface area contributed by atoms with Gasteiger partial charge in [-0.2, -0.15) is 5.10 Å². The number of amides is 1. The van der Waals surface area contributed by atoms with Gasteiger partial charge in [-0.05, 0) is 60.5 Å². The Morgan fingerprint density at radius 3 is 2.56 bits per heavy atom. The van der Waals surface area contributed by atoms with Gasteiger partial charge in [0.15, 0.2) is 5.82 Å². The van der Waals surface area contributed by atoms with Crippen molar-refractivity contribution in [3.8, 4) is 5.75 Å². The maximum absolute atomic E-state index is 12.8.